The van der Waals surface area contributed by atoms with Crippen molar-refractivity contribution in [3.63, 3.8) is 0 Å². The van der Waals surface area contributed by atoms with Gasteiger partial charge >= 0.3 is 0 Å². The fourth-order valence-corrected chi connectivity index (χ4v) is 8.41. The third-order valence-corrected chi connectivity index (χ3v) is 11.3. The van der Waals surface area contributed by atoms with Crippen molar-refractivity contribution < 1.29 is 4.52 Å². The van der Waals surface area contributed by atoms with Crippen LogP contribution in [-0.4, -0.2) is 0 Å². The van der Waals surface area contributed by atoms with Crippen molar-refractivity contribution in [1.29, 1.82) is 0 Å². The lowest BCUT2D eigenvalue weighted by molar-refractivity contribution is 0.620. The van der Waals surface area contributed by atoms with Gasteiger partial charge < -0.3 is 4.52 Å². The van der Waals surface area contributed by atoms with E-state index in [1.807, 2.05) is 0 Å². The van der Waals surface area contributed by atoms with Gasteiger partial charge in [-0.2, -0.15) is 0 Å². The molecule has 0 saturated carbocycles. The van der Waals surface area contributed by atoms with Crippen molar-refractivity contribution in [1.82, 2.24) is 0 Å². The zero-order chi connectivity index (χ0) is 31.0. The number of nitrogens with zero attached hydrogens (tertiary/aromatic N) is 1. The standard InChI is InChI=1S/C42H38NOP/c1-41(2,31-15-7-5-8-16-31)33-23-27-35(28-24-33)43(36-29-25-34(26-30-36)42(3,4)32-17-9-6-10-18-32)45-40-22-14-12-20-38(40)37-19-11-13-21-39(37)44-45/h5-30H,1-4H3. The molecule has 2 nitrogen and oxygen atoms in total. The Bertz CT molecular complexity index is 1820. The van der Waals surface area contributed by atoms with Gasteiger partial charge in [-0.25, -0.2) is 0 Å². The van der Waals surface area contributed by atoms with E-state index in [1.54, 1.807) is 0 Å². The number of hydrogen-bond donors (Lipinski definition) is 0. The molecule has 0 aromatic heterocycles. The van der Waals surface area contributed by atoms with Crippen LogP contribution in [0, 0.1) is 0 Å². The van der Waals surface area contributed by atoms with E-state index in [0.717, 1.165) is 22.7 Å². The first-order valence-corrected chi connectivity index (χ1v) is 16.8. The molecule has 0 spiro atoms. The van der Waals surface area contributed by atoms with Crippen LogP contribution in [0.3, 0.4) is 0 Å². The zero-order valence-electron chi connectivity index (χ0n) is 26.3. The lowest BCUT2D eigenvalue weighted by Gasteiger charge is -2.37. The Morgan fingerprint density at radius 2 is 0.822 bits per heavy atom. The van der Waals surface area contributed by atoms with E-state index in [-0.39, 0.29) is 10.8 Å². The van der Waals surface area contributed by atoms with Gasteiger partial charge in [0.15, 0.2) is 0 Å². The molecule has 0 saturated heterocycles. The van der Waals surface area contributed by atoms with Crippen molar-refractivity contribution in [2.24, 2.45) is 0 Å². The molecule has 3 heteroatoms. The Hall–Kier alpha value is -4.65. The molecule has 6 aromatic rings. The first-order valence-electron chi connectivity index (χ1n) is 15.6. The highest BCUT2D eigenvalue weighted by Gasteiger charge is 2.34. The van der Waals surface area contributed by atoms with Gasteiger partial charge in [-0.3, -0.25) is 4.67 Å². The zero-order valence-corrected chi connectivity index (χ0v) is 27.2. The van der Waals surface area contributed by atoms with Crippen molar-refractivity contribution in [2.75, 3.05) is 4.67 Å². The number of benzene rings is 6. The molecule has 0 amide bonds. The molecule has 1 heterocycles. The Kier molecular flexibility index (Phi) is 7.56. The largest absolute Gasteiger partial charge is 0.448 e. The minimum Gasteiger partial charge on any atom is -0.448 e. The van der Waals surface area contributed by atoms with E-state index in [2.05, 4.69) is 190 Å². The average molecular weight is 604 g/mol. The van der Waals surface area contributed by atoms with Gasteiger partial charge in [0.05, 0.1) is 0 Å². The summed E-state index contributed by atoms with van der Waals surface area (Å²) in [6.07, 6.45) is 0. The maximum Gasteiger partial charge on any atom is 0.230 e. The maximum atomic E-state index is 6.95. The van der Waals surface area contributed by atoms with E-state index in [0.29, 0.717) is 0 Å². The molecule has 1 aliphatic heterocycles. The minimum atomic E-state index is -1.22. The highest BCUT2D eigenvalue weighted by Crippen LogP contribution is 2.55. The van der Waals surface area contributed by atoms with Gasteiger partial charge in [-0.05, 0) is 64.2 Å². The topological polar surface area (TPSA) is 12.5 Å². The predicted octanol–water partition coefficient (Wildman–Crippen LogP) is 11.2. The van der Waals surface area contributed by atoms with Crippen LogP contribution in [0.5, 0.6) is 5.75 Å². The van der Waals surface area contributed by atoms with Crippen LogP contribution in [0.25, 0.3) is 11.1 Å². The van der Waals surface area contributed by atoms with Gasteiger partial charge in [0.2, 0.25) is 8.30 Å². The third-order valence-electron chi connectivity index (χ3n) is 9.31. The fraction of sp³-hybridized carbons (Fsp3) is 0.143. The van der Waals surface area contributed by atoms with Crippen molar-refractivity contribution >= 4 is 25.0 Å². The van der Waals surface area contributed by atoms with E-state index in [4.69, 9.17) is 4.52 Å². The summed E-state index contributed by atoms with van der Waals surface area (Å²) in [4.78, 5) is 0. The molecule has 0 radical (unpaired) electrons. The van der Waals surface area contributed by atoms with Gasteiger partial charge in [0, 0.05) is 33.1 Å². The monoisotopic (exact) mass is 603 g/mol. The molecular weight excluding hydrogens is 565 g/mol. The van der Waals surface area contributed by atoms with E-state index in [9.17, 15) is 0 Å². The number of rotatable bonds is 7. The molecule has 0 N–H and O–H groups in total. The van der Waals surface area contributed by atoms with E-state index in [1.165, 1.54) is 33.1 Å². The highest BCUT2D eigenvalue weighted by atomic mass is 31.2. The number of fused-ring (bicyclic) bond motifs is 3. The predicted molar refractivity (Wildman–Crippen MR) is 191 cm³/mol. The molecule has 7 rings (SSSR count). The highest BCUT2D eigenvalue weighted by molar-refractivity contribution is 7.63. The molecule has 0 aliphatic carbocycles. The summed E-state index contributed by atoms with van der Waals surface area (Å²) in [7, 11) is -1.22. The van der Waals surface area contributed by atoms with Crippen LogP contribution < -0.4 is 14.5 Å². The fourth-order valence-electron chi connectivity index (χ4n) is 6.37. The van der Waals surface area contributed by atoms with Gasteiger partial charge in [-0.1, -0.05) is 149 Å². The Morgan fingerprint density at radius 1 is 0.422 bits per heavy atom. The smallest absolute Gasteiger partial charge is 0.230 e. The molecule has 45 heavy (non-hydrogen) atoms. The van der Waals surface area contributed by atoms with Gasteiger partial charge in [-0.15, -0.1) is 0 Å². The van der Waals surface area contributed by atoms with Crippen LogP contribution in [0.1, 0.15) is 49.9 Å². The summed E-state index contributed by atoms with van der Waals surface area (Å²) in [6.45, 7) is 9.18. The summed E-state index contributed by atoms with van der Waals surface area (Å²) >= 11 is 0. The lowest BCUT2D eigenvalue weighted by atomic mass is 9.78. The summed E-state index contributed by atoms with van der Waals surface area (Å²) in [5.41, 5.74) is 9.53. The van der Waals surface area contributed by atoms with Crippen molar-refractivity contribution in [3.05, 3.63) is 180 Å². The molecule has 6 aromatic carbocycles. The number of anilines is 2. The third kappa shape index (κ3) is 5.34. The molecule has 0 fully saturated rings. The van der Waals surface area contributed by atoms with Gasteiger partial charge in [0.25, 0.3) is 0 Å². The second kappa shape index (κ2) is 11.7. The lowest BCUT2D eigenvalue weighted by Crippen LogP contribution is -2.26. The van der Waals surface area contributed by atoms with Crippen LogP contribution in [0.4, 0.5) is 11.4 Å². The van der Waals surface area contributed by atoms with Gasteiger partial charge in [0.1, 0.15) is 5.75 Å². The van der Waals surface area contributed by atoms with Crippen LogP contribution >= 0.6 is 8.30 Å². The van der Waals surface area contributed by atoms with E-state index >= 15 is 0 Å². The molecule has 1 atom stereocenters. The molecule has 1 aliphatic rings. The molecular formula is C42H38NOP. The quantitative estimate of drug-likeness (QED) is 0.168. The van der Waals surface area contributed by atoms with Crippen LogP contribution in [0.2, 0.25) is 0 Å². The van der Waals surface area contributed by atoms with Crippen molar-refractivity contribution in [3.8, 4) is 16.9 Å². The summed E-state index contributed by atoms with van der Waals surface area (Å²) in [5.74, 6) is 0.927. The second-order valence-corrected chi connectivity index (χ2v) is 14.4. The normalized spacial score (nSPS) is 14.2. The first kappa shape index (κ1) is 29.1. The van der Waals surface area contributed by atoms with Crippen LogP contribution in [-0.2, 0) is 10.8 Å². The molecule has 0 bridgehead atoms. The summed E-state index contributed by atoms with van der Waals surface area (Å²) in [6, 6.07) is 56.8. The SMILES string of the molecule is CC(C)(c1ccccc1)c1ccc(N(c2ccc(C(C)(C)c3ccccc3)cc2)P2Oc3ccccc3-c3ccccc32)cc1. The minimum absolute atomic E-state index is 0.118. The maximum absolute atomic E-state index is 6.95. The van der Waals surface area contributed by atoms with Crippen LogP contribution in [0.15, 0.2) is 158 Å². The van der Waals surface area contributed by atoms with E-state index < -0.39 is 8.30 Å². The molecule has 1 unspecified atom stereocenters. The number of hydrogen-bond acceptors (Lipinski definition) is 2. The summed E-state index contributed by atoms with van der Waals surface area (Å²) in [5, 5.41) is 1.22. The average Bonchev–Trinajstić information content (AvgIpc) is 3.10. The number of para-hydroxylation sites is 1. The Morgan fingerprint density at radius 3 is 1.33 bits per heavy atom. The summed E-state index contributed by atoms with van der Waals surface area (Å²) < 4.78 is 9.36. The Labute approximate surface area is 268 Å². The molecule has 222 valence electrons. The van der Waals surface area contributed by atoms with Crippen molar-refractivity contribution in [2.45, 2.75) is 38.5 Å². The second-order valence-electron chi connectivity index (χ2n) is 12.8. The first-order chi connectivity index (χ1) is 21.8. The Balaban J connectivity index is 1.33.